The quantitative estimate of drug-likeness (QED) is 0.373. The lowest BCUT2D eigenvalue weighted by Crippen LogP contribution is -2.24. The Morgan fingerprint density at radius 2 is 1.22 bits per heavy atom. The molecule has 3 unspecified atom stereocenters. The minimum absolute atomic E-state index is 0.0170. The molecule has 0 fully saturated rings. The van der Waals surface area contributed by atoms with Crippen LogP contribution < -0.4 is 0 Å². The van der Waals surface area contributed by atoms with Crippen LogP contribution in [0, 0.1) is 0 Å². The molecule has 8 heteroatoms. The number of aliphatic hydroxyl groups is 2. The van der Waals surface area contributed by atoms with Crippen LogP contribution in [0.1, 0.15) is 73.1 Å². The number of carboxylic acids is 2. The van der Waals surface area contributed by atoms with Crippen molar-refractivity contribution in [3.8, 4) is 0 Å². The second-order valence-corrected chi connectivity index (χ2v) is 6.31. The summed E-state index contributed by atoms with van der Waals surface area (Å²) in [7, 11) is 0. The fourth-order valence-corrected chi connectivity index (χ4v) is 1.36. The van der Waals surface area contributed by atoms with E-state index in [1.807, 2.05) is 20.8 Å². The molecule has 0 aromatic carbocycles. The van der Waals surface area contributed by atoms with E-state index in [2.05, 4.69) is 0 Å². The third kappa shape index (κ3) is 36.5. The Kier molecular flexibility index (Phi) is 25.8. The molecular formula is C19H40O8. The maximum atomic E-state index is 9.76. The lowest BCUT2D eigenvalue weighted by atomic mass is 10.3. The molecule has 0 aliphatic heterocycles. The molecule has 0 saturated heterocycles. The Balaban J connectivity index is -0.000000350. The monoisotopic (exact) mass is 396 g/mol. The molecule has 0 amide bonds. The smallest absolute Gasteiger partial charge is 0.303 e. The summed E-state index contributed by atoms with van der Waals surface area (Å²) in [6.07, 6.45) is 3.51. The number of carboxylic acid groups (broad SMARTS) is 2. The van der Waals surface area contributed by atoms with Gasteiger partial charge in [0.05, 0.1) is 38.1 Å². The Bertz CT molecular complexity index is 316. The van der Waals surface area contributed by atoms with Gasteiger partial charge in [0.2, 0.25) is 0 Å². The standard InChI is InChI=1S/C9H20O4.2C5H10O2/c1-7(11)5-12-9(3)6-13-8(2)4-10;2*1-2-3-4-5(6)7/h7-11H,4-6H2,1-3H3;2*2-4H2,1H3,(H,6,7). The summed E-state index contributed by atoms with van der Waals surface area (Å²) in [5, 5.41) is 33.7. The molecule has 0 saturated carbocycles. The summed E-state index contributed by atoms with van der Waals surface area (Å²) < 4.78 is 10.5. The van der Waals surface area contributed by atoms with Crippen LogP contribution in [-0.4, -0.2) is 70.5 Å². The predicted octanol–water partition coefficient (Wildman–Crippen LogP) is 2.69. The minimum Gasteiger partial charge on any atom is -0.481 e. The summed E-state index contributed by atoms with van der Waals surface area (Å²) in [5.41, 5.74) is 0. The van der Waals surface area contributed by atoms with E-state index < -0.39 is 18.0 Å². The average Bonchev–Trinajstić information content (AvgIpc) is 2.61. The van der Waals surface area contributed by atoms with Gasteiger partial charge in [-0.25, -0.2) is 0 Å². The van der Waals surface area contributed by atoms with Crippen LogP contribution in [0.4, 0.5) is 0 Å². The Hall–Kier alpha value is -1.22. The van der Waals surface area contributed by atoms with Gasteiger partial charge in [0, 0.05) is 12.8 Å². The molecule has 0 heterocycles. The minimum atomic E-state index is -0.693. The molecule has 3 atom stereocenters. The van der Waals surface area contributed by atoms with E-state index >= 15 is 0 Å². The lowest BCUT2D eigenvalue weighted by molar-refractivity contribution is -0.138. The van der Waals surface area contributed by atoms with Crippen molar-refractivity contribution in [3.63, 3.8) is 0 Å². The topological polar surface area (TPSA) is 134 Å². The van der Waals surface area contributed by atoms with Crippen LogP contribution in [0.25, 0.3) is 0 Å². The molecule has 27 heavy (non-hydrogen) atoms. The van der Waals surface area contributed by atoms with E-state index in [9.17, 15) is 9.59 Å². The van der Waals surface area contributed by atoms with Gasteiger partial charge in [0.25, 0.3) is 0 Å². The Labute approximate surface area is 163 Å². The second kappa shape index (κ2) is 22.8. The van der Waals surface area contributed by atoms with E-state index in [4.69, 9.17) is 29.9 Å². The third-order valence-corrected chi connectivity index (χ3v) is 2.98. The Morgan fingerprint density at radius 3 is 1.48 bits per heavy atom. The fourth-order valence-electron chi connectivity index (χ4n) is 1.36. The van der Waals surface area contributed by atoms with Crippen molar-refractivity contribution < 1.29 is 39.5 Å². The normalized spacial score (nSPS) is 13.3. The first-order valence-electron chi connectivity index (χ1n) is 9.56. The van der Waals surface area contributed by atoms with E-state index in [0.717, 1.165) is 25.7 Å². The number of carbonyl (C=O) groups is 2. The van der Waals surface area contributed by atoms with Crippen LogP contribution in [0.2, 0.25) is 0 Å². The molecular weight excluding hydrogens is 356 g/mol. The highest BCUT2D eigenvalue weighted by atomic mass is 16.5. The number of ether oxygens (including phenoxy) is 2. The van der Waals surface area contributed by atoms with Gasteiger partial charge in [-0.2, -0.15) is 0 Å². The van der Waals surface area contributed by atoms with Crippen LogP contribution in [0.15, 0.2) is 0 Å². The van der Waals surface area contributed by atoms with Gasteiger partial charge in [-0.15, -0.1) is 0 Å². The average molecular weight is 397 g/mol. The van der Waals surface area contributed by atoms with Crippen molar-refractivity contribution in [1.82, 2.24) is 0 Å². The molecule has 0 aromatic rings. The Morgan fingerprint density at radius 1 is 0.815 bits per heavy atom. The third-order valence-electron chi connectivity index (χ3n) is 2.98. The highest BCUT2D eigenvalue weighted by Crippen LogP contribution is 1.97. The summed E-state index contributed by atoms with van der Waals surface area (Å²) in [5.74, 6) is -1.39. The number of hydrogen-bond acceptors (Lipinski definition) is 6. The number of unbranched alkanes of at least 4 members (excludes halogenated alkanes) is 2. The summed E-state index contributed by atoms with van der Waals surface area (Å²) in [6.45, 7) is 10.1. The first kappa shape index (κ1) is 30.5. The van der Waals surface area contributed by atoms with Crippen LogP contribution in [0.3, 0.4) is 0 Å². The molecule has 0 bridgehead atoms. The van der Waals surface area contributed by atoms with E-state index in [0.29, 0.717) is 26.1 Å². The fraction of sp³-hybridized carbons (Fsp3) is 0.895. The highest BCUT2D eigenvalue weighted by molar-refractivity contribution is 5.66. The molecule has 164 valence electrons. The van der Waals surface area contributed by atoms with E-state index in [1.165, 1.54) is 0 Å². The molecule has 0 radical (unpaired) electrons. The van der Waals surface area contributed by atoms with Gasteiger partial charge >= 0.3 is 11.9 Å². The molecule has 0 spiro atoms. The van der Waals surface area contributed by atoms with Gasteiger partial charge in [-0.1, -0.05) is 26.7 Å². The molecule has 8 nitrogen and oxygen atoms in total. The number of hydrogen-bond donors (Lipinski definition) is 4. The van der Waals surface area contributed by atoms with Gasteiger partial charge in [0.1, 0.15) is 0 Å². The lowest BCUT2D eigenvalue weighted by Gasteiger charge is -2.16. The van der Waals surface area contributed by atoms with E-state index in [-0.39, 0.29) is 18.8 Å². The molecule has 0 rings (SSSR count). The van der Waals surface area contributed by atoms with Crippen LogP contribution in [0.5, 0.6) is 0 Å². The van der Waals surface area contributed by atoms with Crippen molar-refractivity contribution in [2.24, 2.45) is 0 Å². The van der Waals surface area contributed by atoms with Crippen LogP contribution in [-0.2, 0) is 19.1 Å². The van der Waals surface area contributed by atoms with Gasteiger partial charge in [-0.05, 0) is 33.6 Å². The van der Waals surface area contributed by atoms with Crippen molar-refractivity contribution in [2.75, 3.05) is 19.8 Å². The highest BCUT2D eigenvalue weighted by Gasteiger charge is 2.07. The zero-order valence-corrected chi connectivity index (χ0v) is 17.5. The molecule has 0 aliphatic carbocycles. The van der Waals surface area contributed by atoms with Gasteiger partial charge in [-0.3, -0.25) is 9.59 Å². The number of aliphatic hydroxyl groups excluding tert-OH is 2. The van der Waals surface area contributed by atoms with Crippen molar-refractivity contribution >= 4 is 11.9 Å². The largest absolute Gasteiger partial charge is 0.481 e. The SMILES string of the molecule is CC(O)COC(C)COC(C)CO.CCCCC(=O)O.CCCCC(=O)O. The van der Waals surface area contributed by atoms with Gasteiger partial charge < -0.3 is 29.9 Å². The molecule has 0 aliphatic rings. The summed E-state index contributed by atoms with van der Waals surface area (Å²) in [6, 6.07) is 0. The zero-order valence-electron chi connectivity index (χ0n) is 17.5. The first-order valence-corrected chi connectivity index (χ1v) is 9.56. The van der Waals surface area contributed by atoms with Crippen molar-refractivity contribution in [2.45, 2.75) is 91.5 Å². The summed E-state index contributed by atoms with van der Waals surface area (Å²) in [4.78, 5) is 19.5. The molecule has 0 aromatic heterocycles. The number of aliphatic carboxylic acids is 2. The van der Waals surface area contributed by atoms with Gasteiger partial charge in [0.15, 0.2) is 0 Å². The molecule has 4 N–H and O–H groups in total. The first-order chi connectivity index (χ1) is 12.6. The van der Waals surface area contributed by atoms with Crippen molar-refractivity contribution in [1.29, 1.82) is 0 Å². The van der Waals surface area contributed by atoms with E-state index in [1.54, 1.807) is 13.8 Å². The second-order valence-electron chi connectivity index (χ2n) is 6.31. The maximum absolute atomic E-state index is 9.76. The number of rotatable bonds is 13. The zero-order chi connectivity index (χ0) is 21.7. The maximum Gasteiger partial charge on any atom is 0.303 e. The van der Waals surface area contributed by atoms with Crippen molar-refractivity contribution in [3.05, 3.63) is 0 Å². The van der Waals surface area contributed by atoms with Crippen LogP contribution >= 0.6 is 0 Å². The predicted molar refractivity (Wildman–Crippen MR) is 104 cm³/mol. The summed E-state index contributed by atoms with van der Waals surface area (Å²) >= 11 is 0.